The van der Waals surface area contributed by atoms with Crippen molar-refractivity contribution in [3.63, 3.8) is 0 Å². The van der Waals surface area contributed by atoms with Crippen LogP contribution in [0.25, 0.3) is 10.9 Å². The molecule has 22 heteroatoms. The number of para-hydroxylation sites is 1. The number of phenolic OH excluding ortho intramolecular Hbond substituents is 1. The van der Waals surface area contributed by atoms with Crippen molar-refractivity contribution < 1.29 is 58.2 Å². The van der Waals surface area contributed by atoms with Gasteiger partial charge in [-0.3, -0.25) is 47.9 Å². The van der Waals surface area contributed by atoms with Crippen LogP contribution in [0.2, 0.25) is 0 Å². The van der Waals surface area contributed by atoms with Gasteiger partial charge in [-0.25, -0.2) is 0 Å². The van der Waals surface area contributed by atoms with Crippen LogP contribution in [0.4, 0.5) is 0 Å². The number of aromatic nitrogens is 1. The Morgan fingerprint density at radius 3 is 1.83 bits per heavy atom. The zero-order valence-electron chi connectivity index (χ0n) is 38.7. The van der Waals surface area contributed by atoms with E-state index in [9.17, 15) is 58.2 Å². The normalized spacial score (nSPS) is 13.5. The summed E-state index contributed by atoms with van der Waals surface area (Å²) in [5.74, 6) is -9.00. The van der Waals surface area contributed by atoms with Crippen molar-refractivity contribution >= 4 is 70.0 Å². The molecule has 14 N–H and O–H groups in total. The lowest BCUT2D eigenvalue weighted by atomic mass is 10.0. The lowest BCUT2D eigenvalue weighted by molar-refractivity contribution is -0.141. The number of amides is 9. The zero-order valence-corrected chi connectivity index (χ0v) is 38.7. The number of phenols is 1. The minimum atomic E-state index is -1.70. The van der Waals surface area contributed by atoms with E-state index in [0.717, 1.165) is 10.9 Å². The molecule has 0 aliphatic heterocycles. The maximum absolute atomic E-state index is 14.3. The van der Waals surface area contributed by atoms with Crippen LogP contribution in [-0.4, -0.2) is 117 Å². The number of hydrogen-bond acceptors (Lipinski definition) is 11. The van der Waals surface area contributed by atoms with Gasteiger partial charge < -0.3 is 63.9 Å². The quantitative estimate of drug-likeness (QED) is 0.0338. The minimum Gasteiger partial charge on any atom is -0.508 e. The Morgan fingerprint density at radius 1 is 0.600 bits per heavy atom. The fourth-order valence-corrected chi connectivity index (χ4v) is 7.21. The second-order valence-corrected chi connectivity index (χ2v) is 16.6. The number of carbonyl (C=O) groups excluding carboxylic acids is 9. The smallest absolute Gasteiger partial charge is 0.305 e. The van der Waals surface area contributed by atoms with Gasteiger partial charge in [0.05, 0.1) is 13.0 Å². The maximum Gasteiger partial charge on any atom is 0.305 e. The molecule has 4 aromatic rings. The van der Waals surface area contributed by atoms with Crippen molar-refractivity contribution in [2.45, 2.75) is 108 Å². The second kappa shape index (κ2) is 26.9. The van der Waals surface area contributed by atoms with E-state index in [0.29, 0.717) is 29.5 Å². The first-order valence-electron chi connectivity index (χ1n) is 22.6. The van der Waals surface area contributed by atoms with E-state index in [-0.39, 0.29) is 44.3 Å². The third kappa shape index (κ3) is 17.7. The summed E-state index contributed by atoms with van der Waals surface area (Å²) < 4.78 is 0. The molecule has 0 saturated carbocycles. The van der Waals surface area contributed by atoms with Crippen LogP contribution < -0.4 is 48.7 Å². The number of nitrogens with one attached hydrogen (secondary N) is 8. The maximum atomic E-state index is 14.3. The van der Waals surface area contributed by atoms with Crippen molar-refractivity contribution in [2.24, 2.45) is 11.5 Å². The number of aliphatic carboxylic acids is 1. The van der Waals surface area contributed by atoms with Gasteiger partial charge in [0, 0.05) is 49.2 Å². The molecular formula is C48H60N10O12. The van der Waals surface area contributed by atoms with E-state index in [1.807, 2.05) is 6.92 Å². The van der Waals surface area contributed by atoms with E-state index in [4.69, 9.17) is 11.5 Å². The van der Waals surface area contributed by atoms with Crippen LogP contribution in [0.3, 0.4) is 0 Å². The number of carbonyl (C=O) groups is 10. The van der Waals surface area contributed by atoms with Gasteiger partial charge in [0.15, 0.2) is 0 Å². The Morgan fingerprint density at radius 2 is 1.17 bits per heavy atom. The Balaban J connectivity index is 1.53. The lowest BCUT2D eigenvalue weighted by Gasteiger charge is -2.26. The van der Waals surface area contributed by atoms with Gasteiger partial charge in [-0.05, 0) is 48.2 Å². The van der Waals surface area contributed by atoms with Crippen LogP contribution in [-0.2, 0) is 67.2 Å². The molecule has 0 bridgehead atoms. The predicted molar refractivity (Wildman–Crippen MR) is 254 cm³/mol. The first kappa shape index (κ1) is 54.3. The minimum absolute atomic E-state index is 0.0169. The molecule has 22 nitrogen and oxygen atoms in total. The van der Waals surface area contributed by atoms with Crippen molar-refractivity contribution in [1.29, 1.82) is 0 Å². The molecule has 0 saturated heterocycles. The van der Waals surface area contributed by atoms with Crippen LogP contribution in [0.5, 0.6) is 5.75 Å². The average Bonchev–Trinajstić information content (AvgIpc) is 3.73. The summed E-state index contributed by atoms with van der Waals surface area (Å²) in [6.07, 6.45) is 0.953. The Kier molecular flexibility index (Phi) is 20.9. The lowest BCUT2D eigenvalue weighted by Crippen LogP contribution is -2.59. The number of carboxylic acid groups (broad SMARTS) is 1. The van der Waals surface area contributed by atoms with Crippen LogP contribution in [0, 0.1) is 0 Å². The largest absolute Gasteiger partial charge is 0.508 e. The van der Waals surface area contributed by atoms with Gasteiger partial charge in [0.25, 0.3) is 0 Å². The van der Waals surface area contributed by atoms with Crippen molar-refractivity contribution in [2.75, 3.05) is 6.54 Å². The number of H-pyrrole nitrogens is 1. The highest BCUT2D eigenvalue weighted by Crippen LogP contribution is 2.20. The van der Waals surface area contributed by atoms with E-state index < -0.39 is 108 Å². The topological polar surface area (TPSA) is 363 Å². The SMILES string of the molecule is CCCC[C@H](NC(=O)[C@H](Cc1c[nH]c2ccccc12)NC(=O)CNC(=O)[C@H](Cc1ccc(O)cc1)NC(=O)[C@H](C)NC(=O)CCC(N)=O)C(=O)N[C@@H](CC(=O)O)C(=O)N[C@@H](Cc1ccccc1)C(N)=O. The summed E-state index contributed by atoms with van der Waals surface area (Å²) in [6, 6.07) is 13.3. The molecule has 0 radical (unpaired) electrons. The summed E-state index contributed by atoms with van der Waals surface area (Å²) in [4.78, 5) is 133. The summed E-state index contributed by atoms with van der Waals surface area (Å²) >= 11 is 0. The second-order valence-electron chi connectivity index (χ2n) is 16.6. The molecular weight excluding hydrogens is 909 g/mol. The monoisotopic (exact) mass is 968 g/mol. The first-order valence-corrected chi connectivity index (χ1v) is 22.6. The summed E-state index contributed by atoms with van der Waals surface area (Å²) in [7, 11) is 0. The van der Waals surface area contributed by atoms with Crippen LogP contribution in [0.1, 0.15) is 69.1 Å². The number of unbranched alkanes of at least 4 members (excludes halogenated alkanes) is 1. The number of nitrogens with two attached hydrogens (primary N) is 2. The molecule has 3 aromatic carbocycles. The number of carboxylic acids is 1. The van der Waals surface area contributed by atoms with E-state index in [2.05, 4.69) is 42.2 Å². The van der Waals surface area contributed by atoms with E-state index in [1.165, 1.54) is 31.2 Å². The highest BCUT2D eigenvalue weighted by Gasteiger charge is 2.33. The molecule has 374 valence electrons. The van der Waals surface area contributed by atoms with Gasteiger partial charge in [-0.2, -0.15) is 0 Å². The van der Waals surface area contributed by atoms with Gasteiger partial charge in [-0.15, -0.1) is 0 Å². The molecule has 6 atom stereocenters. The molecule has 70 heavy (non-hydrogen) atoms. The van der Waals surface area contributed by atoms with E-state index >= 15 is 0 Å². The highest BCUT2D eigenvalue weighted by molar-refractivity contribution is 5.98. The number of primary amides is 2. The third-order valence-electron chi connectivity index (χ3n) is 11.0. The fraction of sp³-hybridized carbons (Fsp3) is 0.375. The molecule has 1 aromatic heterocycles. The predicted octanol–water partition coefficient (Wildman–Crippen LogP) is -0.638. The molecule has 4 rings (SSSR count). The number of fused-ring (bicyclic) bond motifs is 1. The van der Waals surface area contributed by atoms with Crippen LogP contribution >= 0.6 is 0 Å². The molecule has 0 aliphatic carbocycles. The molecule has 0 unspecified atom stereocenters. The first-order chi connectivity index (χ1) is 33.3. The Bertz CT molecular complexity index is 2500. The van der Waals surface area contributed by atoms with Crippen molar-refractivity contribution in [1.82, 2.24) is 42.2 Å². The Hall–Kier alpha value is -8.30. The molecule has 0 fully saturated rings. The number of rotatable bonds is 28. The molecule has 1 heterocycles. The van der Waals surface area contributed by atoms with E-state index in [1.54, 1.807) is 60.8 Å². The van der Waals surface area contributed by atoms with Crippen molar-refractivity contribution in [3.8, 4) is 5.75 Å². The van der Waals surface area contributed by atoms with Gasteiger partial charge in [0.2, 0.25) is 53.2 Å². The van der Waals surface area contributed by atoms with Gasteiger partial charge in [0.1, 0.15) is 42.0 Å². The number of aromatic hydroxyl groups is 1. The van der Waals surface area contributed by atoms with Crippen molar-refractivity contribution in [3.05, 3.63) is 102 Å². The Labute approximate surface area is 402 Å². The molecule has 0 aliphatic rings. The summed E-state index contributed by atoms with van der Waals surface area (Å²) in [6.45, 7) is 2.48. The summed E-state index contributed by atoms with van der Waals surface area (Å²) in [5, 5.41) is 37.7. The van der Waals surface area contributed by atoms with Gasteiger partial charge in [-0.1, -0.05) is 80.4 Å². The van der Waals surface area contributed by atoms with Crippen LogP contribution in [0.15, 0.2) is 85.1 Å². The van der Waals surface area contributed by atoms with Gasteiger partial charge >= 0.3 is 5.97 Å². The molecule has 0 spiro atoms. The zero-order chi connectivity index (χ0) is 51.3. The average molecular weight is 969 g/mol. The standard InChI is InChI=1S/C48H60N10O12/c1-3-4-13-34(46(68)58-38(24-42(63)64)48(70)56-35(43(50)65)21-28-10-6-5-7-11-28)55-47(69)37(23-30-25-51-33-14-9-8-12-32(30)33)54-41(62)26-52-45(67)36(22-29-15-17-31(59)18-16-29)57-44(66)27(2)53-40(61)20-19-39(49)60/h5-12,14-18,25,27,34-38,51,59H,3-4,13,19-24,26H2,1-2H3,(H2,49,60)(H2,50,65)(H,52,67)(H,53,61)(H,54,62)(H,55,69)(H,56,70)(H,57,66)(H,58,68)(H,63,64)/t27-,34-,35-,36-,37-,38-/m0/s1. The number of benzene rings is 3. The highest BCUT2D eigenvalue weighted by atomic mass is 16.4. The number of hydrogen-bond donors (Lipinski definition) is 12. The third-order valence-corrected chi connectivity index (χ3v) is 11.0. The fourth-order valence-electron chi connectivity index (χ4n) is 7.21. The number of aromatic amines is 1. The molecule has 9 amide bonds. The summed E-state index contributed by atoms with van der Waals surface area (Å²) in [5.41, 5.74) is 13.2.